The minimum absolute atomic E-state index is 0.0761. The second-order valence-electron chi connectivity index (χ2n) is 5.52. The van der Waals surface area contributed by atoms with E-state index in [-0.39, 0.29) is 17.7 Å². The molecule has 1 N–H and O–H groups in total. The van der Waals surface area contributed by atoms with Crippen LogP contribution in [0.2, 0.25) is 0 Å². The van der Waals surface area contributed by atoms with E-state index in [1.807, 2.05) is 31.2 Å². The first-order chi connectivity index (χ1) is 12.5. The summed E-state index contributed by atoms with van der Waals surface area (Å²) in [7, 11) is 1.60. The number of nitrogens with one attached hydrogen (secondary N) is 1. The molecule has 0 spiro atoms. The zero-order chi connectivity index (χ0) is 18.9. The molecule has 0 aromatic heterocycles. The quantitative estimate of drug-likeness (QED) is 0.700. The SMILES string of the molecule is CC[C@H](NC(=O)/C=C/c1ccc(OC(F)F)cc1)c1ccc(OC)cc1. The topological polar surface area (TPSA) is 47.6 Å². The maximum Gasteiger partial charge on any atom is 0.387 e. The van der Waals surface area contributed by atoms with Crippen LogP contribution in [0.4, 0.5) is 8.78 Å². The molecule has 4 nitrogen and oxygen atoms in total. The second-order valence-corrected chi connectivity index (χ2v) is 5.52. The number of carbonyl (C=O) groups is 1. The molecular formula is C20H21F2NO3. The number of carbonyl (C=O) groups excluding carboxylic acids is 1. The van der Waals surface area contributed by atoms with Crippen molar-refractivity contribution in [3.8, 4) is 11.5 Å². The van der Waals surface area contributed by atoms with Crippen molar-refractivity contribution in [1.82, 2.24) is 5.32 Å². The van der Waals surface area contributed by atoms with E-state index in [1.54, 1.807) is 25.3 Å². The summed E-state index contributed by atoms with van der Waals surface area (Å²) in [6.45, 7) is -0.869. The molecule has 2 rings (SSSR count). The zero-order valence-electron chi connectivity index (χ0n) is 14.6. The lowest BCUT2D eigenvalue weighted by atomic mass is 10.0. The van der Waals surface area contributed by atoms with Gasteiger partial charge in [-0.15, -0.1) is 0 Å². The molecule has 0 heterocycles. The van der Waals surface area contributed by atoms with Gasteiger partial charge in [-0.3, -0.25) is 4.79 Å². The van der Waals surface area contributed by atoms with Crippen LogP contribution < -0.4 is 14.8 Å². The number of rotatable bonds is 8. The van der Waals surface area contributed by atoms with Gasteiger partial charge < -0.3 is 14.8 Å². The van der Waals surface area contributed by atoms with Gasteiger partial charge in [-0.05, 0) is 47.9 Å². The van der Waals surface area contributed by atoms with Gasteiger partial charge in [-0.1, -0.05) is 31.2 Å². The van der Waals surface area contributed by atoms with Crippen molar-refractivity contribution in [3.05, 3.63) is 65.7 Å². The number of alkyl halides is 2. The molecule has 0 fully saturated rings. The summed E-state index contributed by atoms with van der Waals surface area (Å²) < 4.78 is 33.6. The Morgan fingerprint density at radius 3 is 2.23 bits per heavy atom. The maximum absolute atomic E-state index is 12.1. The summed E-state index contributed by atoms with van der Waals surface area (Å²) in [4.78, 5) is 12.1. The fourth-order valence-electron chi connectivity index (χ4n) is 2.41. The Balaban J connectivity index is 1.95. The smallest absolute Gasteiger partial charge is 0.387 e. The van der Waals surface area contributed by atoms with Crippen molar-refractivity contribution >= 4 is 12.0 Å². The zero-order valence-corrected chi connectivity index (χ0v) is 14.6. The molecule has 138 valence electrons. The first kappa shape index (κ1) is 19.4. The average Bonchev–Trinajstić information content (AvgIpc) is 2.65. The Kier molecular flexibility index (Phi) is 7.14. The number of amides is 1. The number of halogens is 2. The fourth-order valence-corrected chi connectivity index (χ4v) is 2.41. The summed E-state index contributed by atoms with van der Waals surface area (Å²) in [6, 6.07) is 13.5. The molecule has 0 aliphatic rings. The molecule has 0 saturated heterocycles. The molecule has 1 atom stereocenters. The van der Waals surface area contributed by atoms with Crippen LogP contribution in [0, 0.1) is 0 Å². The monoisotopic (exact) mass is 361 g/mol. The molecule has 26 heavy (non-hydrogen) atoms. The molecule has 0 bridgehead atoms. The van der Waals surface area contributed by atoms with Crippen LogP contribution in [0.15, 0.2) is 54.6 Å². The second kappa shape index (κ2) is 9.56. The Bertz CT molecular complexity index is 728. The van der Waals surface area contributed by atoms with Crippen LogP contribution in [0.25, 0.3) is 6.08 Å². The third kappa shape index (κ3) is 5.88. The third-order valence-corrected chi connectivity index (χ3v) is 3.78. The molecule has 0 saturated carbocycles. The lowest BCUT2D eigenvalue weighted by Gasteiger charge is -2.16. The van der Waals surface area contributed by atoms with Crippen LogP contribution >= 0.6 is 0 Å². The van der Waals surface area contributed by atoms with Gasteiger partial charge in [-0.2, -0.15) is 8.78 Å². The van der Waals surface area contributed by atoms with Crippen molar-refractivity contribution in [3.63, 3.8) is 0 Å². The Morgan fingerprint density at radius 2 is 1.69 bits per heavy atom. The van der Waals surface area contributed by atoms with Crippen molar-refractivity contribution in [1.29, 1.82) is 0 Å². The Labute approximate surface area is 151 Å². The van der Waals surface area contributed by atoms with Crippen molar-refractivity contribution in [2.45, 2.75) is 26.0 Å². The van der Waals surface area contributed by atoms with Gasteiger partial charge in [0.25, 0.3) is 0 Å². The predicted octanol–water partition coefficient (Wildman–Crippen LogP) is 4.58. The fraction of sp³-hybridized carbons (Fsp3) is 0.250. The van der Waals surface area contributed by atoms with E-state index in [9.17, 15) is 13.6 Å². The lowest BCUT2D eigenvalue weighted by Crippen LogP contribution is -2.26. The summed E-state index contributed by atoms with van der Waals surface area (Å²) in [5.74, 6) is 0.599. The van der Waals surface area contributed by atoms with E-state index in [1.165, 1.54) is 18.2 Å². The van der Waals surface area contributed by atoms with E-state index in [2.05, 4.69) is 10.1 Å². The van der Waals surface area contributed by atoms with Gasteiger partial charge in [0.2, 0.25) is 5.91 Å². The number of hydrogen-bond donors (Lipinski definition) is 1. The number of methoxy groups -OCH3 is 1. The number of benzene rings is 2. The van der Waals surface area contributed by atoms with Crippen molar-refractivity contribution in [2.24, 2.45) is 0 Å². The van der Waals surface area contributed by atoms with Gasteiger partial charge in [0.15, 0.2) is 0 Å². The molecule has 0 aliphatic heterocycles. The van der Waals surface area contributed by atoms with Crippen LogP contribution in [0.5, 0.6) is 11.5 Å². The van der Waals surface area contributed by atoms with E-state index in [0.29, 0.717) is 5.56 Å². The van der Waals surface area contributed by atoms with Crippen molar-refractivity contribution < 1.29 is 23.0 Å². The molecule has 0 aliphatic carbocycles. The van der Waals surface area contributed by atoms with E-state index >= 15 is 0 Å². The van der Waals surface area contributed by atoms with Gasteiger partial charge in [0, 0.05) is 6.08 Å². The maximum atomic E-state index is 12.1. The number of hydrogen-bond acceptors (Lipinski definition) is 3. The van der Waals surface area contributed by atoms with Crippen molar-refractivity contribution in [2.75, 3.05) is 7.11 Å². The predicted molar refractivity (Wildman–Crippen MR) is 96.3 cm³/mol. The highest BCUT2D eigenvalue weighted by molar-refractivity contribution is 5.92. The first-order valence-corrected chi connectivity index (χ1v) is 8.19. The Hall–Kier alpha value is -2.89. The summed E-state index contributed by atoms with van der Waals surface area (Å²) >= 11 is 0. The van der Waals surface area contributed by atoms with E-state index in [0.717, 1.165) is 17.7 Å². The van der Waals surface area contributed by atoms with Gasteiger partial charge in [0.1, 0.15) is 11.5 Å². The van der Waals surface area contributed by atoms with Gasteiger partial charge >= 0.3 is 6.61 Å². The van der Waals surface area contributed by atoms with Gasteiger partial charge in [0.05, 0.1) is 13.2 Å². The summed E-state index contributed by atoms with van der Waals surface area (Å²) in [5, 5.41) is 2.94. The molecule has 0 unspecified atom stereocenters. The summed E-state index contributed by atoms with van der Waals surface area (Å²) in [6.07, 6.45) is 3.77. The third-order valence-electron chi connectivity index (χ3n) is 3.78. The van der Waals surface area contributed by atoms with E-state index < -0.39 is 6.61 Å². The highest BCUT2D eigenvalue weighted by Gasteiger charge is 2.11. The van der Waals surface area contributed by atoms with Crippen LogP contribution in [0.3, 0.4) is 0 Å². The highest BCUT2D eigenvalue weighted by atomic mass is 19.3. The van der Waals surface area contributed by atoms with Crippen LogP contribution in [0.1, 0.15) is 30.5 Å². The summed E-state index contributed by atoms with van der Waals surface area (Å²) in [5.41, 5.74) is 1.70. The normalized spacial score (nSPS) is 12.2. The van der Waals surface area contributed by atoms with E-state index in [4.69, 9.17) is 4.74 Å². The largest absolute Gasteiger partial charge is 0.497 e. The molecule has 2 aromatic rings. The molecule has 0 radical (unpaired) electrons. The number of ether oxygens (including phenoxy) is 2. The molecule has 2 aromatic carbocycles. The van der Waals surface area contributed by atoms with Crippen LogP contribution in [-0.2, 0) is 4.79 Å². The molecule has 6 heteroatoms. The standard InChI is InChI=1S/C20H21F2NO3/c1-3-18(15-7-11-16(25-2)12-8-15)23-19(24)13-6-14-4-9-17(10-5-14)26-20(21)22/h4-13,18,20H,3H2,1-2H3,(H,23,24)/b13-6+/t18-/m0/s1. The minimum Gasteiger partial charge on any atom is -0.497 e. The first-order valence-electron chi connectivity index (χ1n) is 8.19. The average molecular weight is 361 g/mol. The minimum atomic E-state index is -2.86. The lowest BCUT2D eigenvalue weighted by molar-refractivity contribution is -0.117. The highest BCUT2D eigenvalue weighted by Crippen LogP contribution is 2.20. The van der Waals surface area contributed by atoms with Gasteiger partial charge in [-0.25, -0.2) is 0 Å². The molecule has 1 amide bonds. The molecular weight excluding hydrogens is 340 g/mol. The van der Waals surface area contributed by atoms with Crippen LogP contribution in [-0.4, -0.2) is 19.6 Å². The Morgan fingerprint density at radius 1 is 1.08 bits per heavy atom.